The summed E-state index contributed by atoms with van der Waals surface area (Å²) in [4.78, 5) is 32.4. The minimum atomic E-state index is -1.06. The second-order valence-corrected chi connectivity index (χ2v) is 4.75. The fourth-order valence-corrected chi connectivity index (χ4v) is 1.84. The highest BCUT2D eigenvalue weighted by atomic mass is 16.6. The van der Waals surface area contributed by atoms with E-state index in [-0.39, 0.29) is 11.5 Å². The Bertz CT molecular complexity index is 778. The number of rotatable bonds is 7. The predicted octanol–water partition coefficient (Wildman–Crippen LogP) is 2.95. The van der Waals surface area contributed by atoms with Crippen molar-refractivity contribution in [1.82, 2.24) is 0 Å². The minimum absolute atomic E-state index is 0.0764. The summed E-state index contributed by atoms with van der Waals surface area (Å²) in [7, 11) is 0. The zero-order chi connectivity index (χ0) is 17.5. The lowest BCUT2D eigenvalue weighted by Gasteiger charge is -2.02. The van der Waals surface area contributed by atoms with E-state index in [0.29, 0.717) is 11.3 Å². The van der Waals surface area contributed by atoms with Gasteiger partial charge in [0.05, 0.1) is 4.92 Å². The molecule has 0 unspecified atom stereocenters. The molecule has 7 nitrogen and oxygen atoms in total. The molecule has 0 fully saturated rings. The van der Waals surface area contributed by atoms with Gasteiger partial charge in [-0.15, -0.1) is 0 Å². The van der Waals surface area contributed by atoms with Gasteiger partial charge in [0.25, 0.3) is 5.69 Å². The van der Waals surface area contributed by atoms with E-state index in [2.05, 4.69) is 0 Å². The summed E-state index contributed by atoms with van der Waals surface area (Å²) in [6.45, 7) is -0.423. The van der Waals surface area contributed by atoms with Gasteiger partial charge in [0.2, 0.25) is 0 Å². The van der Waals surface area contributed by atoms with Crippen molar-refractivity contribution in [2.75, 3.05) is 6.61 Å². The predicted molar refractivity (Wildman–Crippen MR) is 86.0 cm³/mol. The molecule has 0 aliphatic heterocycles. The molecule has 0 radical (unpaired) electrons. The molecule has 0 bridgehead atoms. The van der Waals surface area contributed by atoms with Gasteiger partial charge in [0, 0.05) is 17.7 Å². The van der Waals surface area contributed by atoms with E-state index in [0.717, 1.165) is 5.56 Å². The van der Waals surface area contributed by atoms with Crippen LogP contribution in [0.5, 0.6) is 5.75 Å². The Kier molecular flexibility index (Phi) is 5.40. The molecule has 0 heterocycles. The number of aliphatic carboxylic acids is 1. The molecule has 2 aromatic rings. The van der Waals surface area contributed by atoms with Crippen LogP contribution in [0.25, 0.3) is 6.08 Å². The first kappa shape index (κ1) is 16.9. The van der Waals surface area contributed by atoms with Crippen LogP contribution in [0.4, 0.5) is 5.69 Å². The third kappa shape index (κ3) is 4.77. The number of hydrogen-bond acceptors (Lipinski definition) is 5. The maximum atomic E-state index is 12.0. The summed E-state index contributed by atoms with van der Waals surface area (Å²) >= 11 is 0. The third-order valence-electron chi connectivity index (χ3n) is 3.03. The standard InChI is InChI=1S/C17H13NO6/c19-16(13-4-6-14(7-5-13)18(22)23)10-3-12-1-8-15(9-2-12)24-11-17(20)21/h1-10H,11H2,(H,20,21). The van der Waals surface area contributed by atoms with E-state index in [1.54, 1.807) is 30.3 Å². The molecule has 0 saturated heterocycles. The van der Waals surface area contributed by atoms with E-state index in [1.807, 2.05) is 0 Å². The number of nitrogens with zero attached hydrogens (tertiary/aromatic N) is 1. The summed E-state index contributed by atoms with van der Waals surface area (Å²) in [6.07, 6.45) is 2.94. The molecule has 2 aromatic carbocycles. The number of carbonyl (C=O) groups excluding carboxylic acids is 1. The second-order valence-electron chi connectivity index (χ2n) is 4.75. The molecular formula is C17H13NO6. The van der Waals surface area contributed by atoms with E-state index in [9.17, 15) is 19.7 Å². The molecule has 0 aliphatic rings. The average Bonchev–Trinajstić information content (AvgIpc) is 2.58. The smallest absolute Gasteiger partial charge is 0.341 e. The van der Waals surface area contributed by atoms with Crippen molar-refractivity contribution >= 4 is 23.5 Å². The number of allylic oxidation sites excluding steroid dienone is 1. The summed E-state index contributed by atoms with van der Waals surface area (Å²) in [5.41, 5.74) is 0.999. The highest BCUT2D eigenvalue weighted by Gasteiger charge is 2.07. The Morgan fingerprint density at radius 1 is 1.08 bits per heavy atom. The van der Waals surface area contributed by atoms with Crippen molar-refractivity contribution in [2.45, 2.75) is 0 Å². The second kappa shape index (κ2) is 7.68. The Morgan fingerprint density at radius 2 is 1.71 bits per heavy atom. The van der Waals surface area contributed by atoms with Crippen LogP contribution in [-0.4, -0.2) is 28.4 Å². The molecule has 0 amide bonds. The monoisotopic (exact) mass is 327 g/mol. The van der Waals surface area contributed by atoms with Crippen molar-refractivity contribution in [3.8, 4) is 5.75 Å². The van der Waals surface area contributed by atoms with Crippen LogP contribution in [0.2, 0.25) is 0 Å². The van der Waals surface area contributed by atoms with E-state index >= 15 is 0 Å². The molecule has 0 atom stereocenters. The van der Waals surface area contributed by atoms with Crippen molar-refractivity contribution < 1.29 is 24.4 Å². The lowest BCUT2D eigenvalue weighted by Crippen LogP contribution is -2.09. The minimum Gasteiger partial charge on any atom is -0.482 e. The van der Waals surface area contributed by atoms with Gasteiger partial charge >= 0.3 is 5.97 Å². The van der Waals surface area contributed by atoms with Crippen molar-refractivity contribution in [2.24, 2.45) is 0 Å². The maximum Gasteiger partial charge on any atom is 0.341 e. The van der Waals surface area contributed by atoms with Gasteiger partial charge in [-0.3, -0.25) is 14.9 Å². The Balaban J connectivity index is 2.00. The van der Waals surface area contributed by atoms with Crippen LogP contribution >= 0.6 is 0 Å². The molecule has 7 heteroatoms. The summed E-state index contributed by atoms with van der Waals surface area (Å²) in [5.74, 6) is -0.931. The van der Waals surface area contributed by atoms with Crippen LogP contribution in [0.1, 0.15) is 15.9 Å². The fraction of sp³-hybridized carbons (Fsp3) is 0.0588. The van der Waals surface area contributed by atoms with Gasteiger partial charge in [0.15, 0.2) is 12.4 Å². The molecule has 24 heavy (non-hydrogen) atoms. The van der Waals surface area contributed by atoms with Crippen LogP contribution in [0.15, 0.2) is 54.6 Å². The van der Waals surface area contributed by atoms with Crippen LogP contribution in [-0.2, 0) is 4.79 Å². The molecule has 0 aromatic heterocycles. The quantitative estimate of drug-likeness (QED) is 0.362. The number of hydrogen-bond donors (Lipinski definition) is 1. The average molecular weight is 327 g/mol. The van der Waals surface area contributed by atoms with Crippen LogP contribution < -0.4 is 4.74 Å². The van der Waals surface area contributed by atoms with Gasteiger partial charge in [-0.25, -0.2) is 4.79 Å². The molecule has 122 valence electrons. The SMILES string of the molecule is O=C(O)COc1ccc(C=CC(=O)c2ccc([N+](=O)[O-])cc2)cc1. The number of ether oxygens (including phenoxy) is 1. The van der Waals surface area contributed by atoms with Crippen LogP contribution in [0.3, 0.4) is 0 Å². The lowest BCUT2D eigenvalue weighted by molar-refractivity contribution is -0.384. The summed E-state index contributed by atoms with van der Waals surface area (Å²) in [6, 6.07) is 11.9. The Morgan fingerprint density at radius 3 is 2.25 bits per heavy atom. The van der Waals surface area contributed by atoms with Crippen LogP contribution in [0, 0.1) is 10.1 Å². The number of nitro groups is 1. The number of non-ortho nitro benzene ring substituents is 1. The molecule has 1 N–H and O–H groups in total. The number of carboxylic acid groups (broad SMARTS) is 1. The number of nitro benzene ring substituents is 1. The number of carbonyl (C=O) groups is 2. The topological polar surface area (TPSA) is 107 Å². The van der Waals surface area contributed by atoms with Crippen molar-refractivity contribution in [3.05, 3.63) is 75.8 Å². The molecule has 0 aliphatic carbocycles. The fourth-order valence-electron chi connectivity index (χ4n) is 1.84. The highest BCUT2D eigenvalue weighted by Crippen LogP contribution is 2.15. The normalized spacial score (nSPS) is 10.5. The first-order valence-corrected chi connectivity index (χ1v) is 6.87. The lowest BCUT2D eigenvalue weighted by atomic mass is 10.1. The molecule has 0 saturated carbocycles. The zero-order valence-electron chi connectivity index (χ0n) is 12.4. The largest absolute Gasteiger partial charge is 0.482 e. The van der Waals surface area contributed by atoms with Gasteiger partial charge < -0.3 is 9.84 Å². The van der Waals surface area contributed by atoms with E-state index in [4.69, 9.17) is 9.84 Å². The first-order chi connectivity index (χ1) is 11.5. The van der Waals surface area contributed by atoms with Gasteiger partial charge in [-0.1, -0.05) is 18.2 Å². The van der Waals surface area contributed by atoms with Gasteiger partial charge in [-0.2, -0.15) is 0 Å². The van der Waals surface area contributed by atoms with Gasteiger partial charge in [0.1, 0.15) is 5.75 Å². The van der Waals surface area contributed by atoms with Crippen molar-refractivity contribution in [3.63, 3.8) is 0 Å². The molecule has 0 spiro atoms. The Hall–Kier alpha value is -3.48. The summed E-state index contributed by atoms with van der Waals surface area (Å²) in [5, 5.41) is 19.1. The zero-order valence-corrected chi connectivity index (χ0v) is 12.4. The molecular weight excluding hydrogens is 314 g/mol. The van der Waals surface area contributed by atoms with E-state index < -0.39 is 17.5 Å². The first-order valence-electron chi connectivity index (χ1n) is 6.87. The van der Waals surface area contributed by atoms with E-state index in [1.165, 1.54) is 30.3 Å². The maximum absolute atomic E-state index is 12.0. The van der Waals surface area contributed by atoms with Crippen molar-refractivity contribution in [1.29, 1.82) is 0 Å². The Labute approximate surface area is 137 Å². The number of carboxylic acids is 1. The highest BCUT2D eigenvalue weighted by molar-refractivity contribution is 6.06. The third-order valence-corrected chi connectivity index (χ3v) is 3.03. The number of ketones is 1. The number of benzene rings is 2. The molecule has 2 rings (SSSR count). The van der Waals surface area contributed by atoms with Gasteiger partial charge in [-0.05, 0) is 35.9 Å². The summed E-state index contributed by atoms with van der Waals surface area (Å²) < 4.78 is 5.00.